The number of amides is 1. The van der Waals surface area contributed by atoms with Crippen LogP contribution < -0.4 is 10.6 Å². The number of aliphatic hydroxyl groups excluding tert-OH is 1. The van der Waals surface area contributed by atoms with Gasteiger partial charge in [-0.15, -0.1) is 0 Å². The summed E-state index contributed by atoms with van der Waals surface area (Å²) in [6.07, 6.45) is 3.86. The van der Waals surface area contributed by atoms with Crippen molar-refractivity contribution < 1.29 is 14.6 Å². The lowest BCUT2D eigenvalue weighted by Gasteiger charge is -2.34. The number of hydrogen-bond acceptors (Lipinski definition) is 4. The molecule has 124 valence electrons. The summed E-state index contributed by atoms with van der Waals surface area (Å²) >= 11 is 0. The number of carbonyl (C=O) groups excluding carboxylic acids is 1. The zero-order valence-corrected chi connectivity index (χ0v) is 14.8. The minimum absolute atomic E-state index is 0.0152. The van der Waals surface area contributed by atoms with E-state index in [4.69, 9.17) is 4.74 Å². The summed E-state index contributed by atoms with van der Waals surface area (Å²) in [5, 5.41) is 16.9. The number of ether oxygens (including phenoxy) is 1. The largest absolute Gasteiger partial charge is 0.395 e. The van der Waals surface area contributed by atoms with Gasteiger partial charge in [0.25, 0.3) is 0 Å². The van der Waals surface area contributed by atoms with Crippen LogP contribution in [-0.2, 0) is 9.53 Å². The molecule has 0 bridgehead atoms. The number of nitrogens with one attached hydrogen (secondary N) is 2. The highest BCUT2D eigenvalue weighted by Gasteiger charge is 2.33. The van der Waals surface area contributed by atoms with E-state index in [2.05, 4.69) is 10.6 Å². The molecular formula is C16H27N2O3P. The SMILES string of the molecule is CC(C)(CO)C1=CC(NC(=O)C(C)(C)NC2CCOCC2)=P1. The molecule has 6 heteroatoms. The van der Waals surface area contributed by atoms with Crippen LogP contribution in [0.5, 0.6) is 0 Å². The van der Waals surface area contributed by atoms with Crippen LogP contribution in [-0.4, -0.2) is 47.8 Å². The Hall–Kier alpha value is -0.740. The van der Waals surface area contributed by atoms with Crippen LogP contribution in [0.15, 0.2) is 11.4 Å². The third-order valence-corrected chi connectivity index (χ3v) is 5.66. The van der Waals surface area contributed by atoms with Crippen molar-refractivity contribution in [1.82, 2.24) is 10.6 Å². The maximum absolute atomic E-state index is 12.5. The highest BCUT2D eigenvalue weighted by molar-refractivity contribution is 7.48. The van der Waals surface area contributed by atoms with Gasteiger partial charge in [-0.1, -0.05) is 13.8 Å². The molecule has 0 radical (unpaired) electrons. The maximum atomic E-state index is 12.5. The van der Waals surface area contributed by atoms with Gasteiger partial charge in [-0.3, -0.25) is 4.79 Å². The van der Waals surface area contributed by atoms with Gasteiger partial charge < -0.3 is 20.5 Å². The van der Waals surface area contributed by atoms with E-state index in [1.807, 2.05) is 33.8 Å². The third kappa shape index (κ3) is 4.17. The second-order valence-electron chi connectivity index (χ2n) is 7.18. The molecule has 1 fully saturated rings. The van der Waals surface area contributed by atoms with Crippen LogP contribution >= 0.6 is 8.20 Å². The Morgan fingerprint density at radius 1 is 1.36 bits per heavy atom. The molecule has 0 unspecified atom stereocenters. The summed E-state index contributed by atoms with van der Waals surface area (Å²) in [4.78, 5) is 12.5. The van der Waals surface area contributed by atoms with Crippen molar-refractivity contribution in [3.05, 3.63) is 11.4 Å². The summed E-state index contributed by atoms with van der Waals surface area (Å²) < 4.78 is 5.35. The fourth-order valence-corrected chi connectivity index (χ4v) is 3.41. The molecule has 0 aromatic rings. The molecule has 0 spiro atoms. The summed E-state index contributed by atoms with van der Waals surface area (Å²) in [6, 6.07) is 0.331. The van der Waals surface area contributed by atoms with Crippen molar-refractivity contribution in [2.75, 3.05) is 19.8 Å². The minimum Gasteiger partial charge on any atom is -0.395 e. The number of carbonyl (C=O) groups is 1. The van der Waals surface area contributed by atoms with E-state index in [9.17, 15) is 9.90 Å². The summed E-state index contributed by atoms with van der Waals surface area (Å²) in [7, 11) is 1.01. The second kappa shape index (κ2) is 6.79. The average Bonchev–Trinajstić information content (AvgIpc) is 2.42. The Balaban J connectivity index is 1.85. The van der Waals surface area contributed by atoms with Gasteiger partial charge in [0, 0.05) is 24.7 Å². The Labute approximate surface area is 134 Å². The highest BCUT2D eigenvalue weighted by atomic mass is 31.1. The van der Waals surface area contributed by atoms with Gasteiger partial charge in [-0.05, 0) is 46.3 Å². The normalized spacial score (nSPS) is 20.8. The molecule has 0 aromatic heterocycles. The van der Waals surface area contributed by atoms with E-state index in [1.54, 1.807) is 0 Å². The molecule has 0 aliphatic carbocycles. The standard InChI is InChI=1S/C16H27N2O3P/c1-15(2,10-19)12-9-13(22-12)17-14(20)16(3,4)18-11-5-7-21-8-6-11/h9,11,18-19H,5-8,10H2,1-4H3,(H,17,20). The Morgan fingerprint density at radius 3 is 2.50 bits per heavy atom. The Kier molecular flexibility index (Phi) is 5.44. The molecule has 5 nitrogen and oxygen atoms in total. The molecule has 1 amide bonds. The van der Waals surface area contributed by atoms with Crippen molar-refractivity contribution in [2.24, 2.45) is 5.41 Å². The van der Waals surface area contributed by atoms with E-state index >= 15 is 0 Å². The van der Waals surface area contributed by atoms with Gasteiger partial charge in [-0.2, -0.15) is 0 Å². The lowest BCUT2D eigenvalue weighted by Crippen LogP contribution is -2.57. The molecule has 0 aromatic carbocycles. The van der Waals surface area contributed by atoms with E-state index in [-0.39, 0.29) is 17.9 Å². The average molecular weight is 326 g/mol. The van der Waals surface area contributed by atoms with Crippen molar-refractivity contribution >= 4 is 19.5 Å². The quantitative estimate of drug-likeness (QED) is 0.649. The van der Waals surface area contributed by atoms with E-state index < -0.39 is 5.54 Å². The first-order valence-corrected chi connectivity index (χ1v) is 8.73. The van der Waals surface area contributed by atoms with Crippen LogP contribution in [0.1, 0.15) is 40.5 Å². The molecule has 3 N–H and O–H groups in total. The molecule has 0 atom stereocenters. The van der Waals surface area contributed by atoms with Crippen molar-refractivity contribution in [1.29, 1.82) is 0 Å². The highest BCUT2D eigenvalue weighted by Crippen LogP contribution is 2.40. The van der Waals surface area contributed by atoms with Crippen LogP contribution in [0, 0.1) is 5.41 Å². The first-order valence-electron chi connectivity index (χ1n) is 7.83. The number of rotatable bonds is 6. The van der Waals surface area contributed by atoms with E-state index in [0.29, 0.717) is 6.04 Å². The second-order valence-corrected chi connectivity index (χ2v) is 8.37. The summed E-state index contributed by atoms with van der Waals surface area (Å²) in [5.74, 6) is -0.0152. The Bertz CT molecular complexity index is 492. The van der Waals surface area contributed by atoms with Crippen LogP contribution in [0.25, 0.3) is 0 Å². The molecule has 22 heavy (non-hydrogen) atoms. The maximum Gasteiger partial charge on any atom is 0.244 e. The molecule has 2 heterocycles. The molecule has 1 saturated heterocycles. The topological polar surface area (TPSA) is 70.6 Å². The molecule has 2 aliphatic rings. The molecule has 2 rings (SSSR count). The minimum atomic E-state index is -0.610. The molecule has 2 aliphatic heterocycles. The zero-order chi connectivity index (χ0) is 16.4. The summed E-state index contributed by atoms with van der Waals surface area (Å²) in [6.45, 7) is 9.46. The van der Waals surface area contributed by atoms with Crippen molar-refractivity contribution in [3.63, 3.8) is 0 Å². The lowest BCUT2D eigenvalue weighted by atomic mass is 9.93. The third-order valence-electron chi connectivity index (χ3n) is 4.20. The first kappa shape index (κ1) is 17.6. The number of aliphatic hydroxyl groups is 1. The van der Waals surface area contributed by atoms with Gasteiger partial charge in [-0.25, -0.2) is 0 Å². The molecule has 0 saturated carbocycles. The van der Waals surface area contributed by atoms with Gasteiger partial charge in [0.1, 0.15) is 0 Å². The first-order chi connectivity index (χ1) is 10.2. The van der Waals surface area contributed by atoms with Crippen LogP contribution in [0.3, 0.4) is 0 Å². The van der Waals surface area contributed by atoms with Gasteiger partial charge >= 0.3 is 0 Å². The smallest absolute Gasteiger partial charge is 0.244 e. The van der Waals surface area contributed by atoms with Crippen molar-refractivity contribution in [3.8, 4) is 0 Å². The Morgan fingerprint density at radius 2 is 1.95 bits per heavy atom. The zero-order valence-electron chi connectivity index (χ0n) is 13.9. The van der Waals surface area contributed by atoms with Gasteiger partial charge in [0.2, 0.25) is 5.91 Å². The van der Waals surface area contributed by atoms with E-state index in [0.717, 1.165) is 45.0 Å². The van der Waals surface area contributed by atoms with Gasteiger partial charge in [0.15, 0.2) is 0 Å². The van der Waals surface area contributed by atoms with Gasteiger partial charge in [0.05, 0.1) is 17.6 Å². The lowest BCUT2D eigenvalue weighted by molar-refractivity contribution is -0.125. The predicted octanol–water partition coefficient (Wildman–Crippen LogP) is 1.64. The van der Waals surface area contributed by atoms with Crippen molar-refractivity contribution in [2.45, 2.75) is 52.1 Å². The fourth-order valence-electron chi connectivity index (χ4n) is 2.44. The van der Waals surface area contributed by atoms with Crippen LogP contribution in [0.4, 0.5) is 0 Å². The molecular weight excluding hydrogens is 299 g/mol. The monoisotopic (exact) mass is 326 g/mol. The predicted molar refractivity (Wildman–Crippen MR) is 90.1 cm³/mol. The summed E-state index contributed by atoms with van der Waals surface area (Å²) in [5.41, 5.74) is 0.0788. The van der Waals surface area contributed by atoms with E-state index in [1.165, 1.54) is 0 Å². The number of hydrogen-bond donors (Lipinski definition) is 3. The van der Waals surface area contributed by atoms with Crippen LogP contribution in [0.2, 0.25) is 0 Å². The fraction of sp³-hybridized carbons (Fsp3) is 0.750.